The first-order chi connectivity index (χ1) is 10.2. The summed E-state index contributed by atoms with van der Waals surface area (Å²) in [6.07, 6.45) is 0. The highest BCUT2D eigenvalue weighted by Gasteiger charge is 2.19. The zero-order chi connectivity index (χ0) is 14.8. The lowest BCUT2D eigenvalue weighted by molar-refractivity contribution is 0.171. The predicted molar refractivity (Wildman–Crippen MR) is 85.5 cm³/mol. The van der Waals surface area contributed by atoms with E-state index in [1.807, 2.05) is 24.3 Å². The average Bonchev–Trinajstić information content (AvgIpc) is 2.50. The number of nitrogens with two attached hydrogens (primary N) is 1. The van der Waals surface area contributed by atoms with Gasteiger partial charge in [0, 0.05) is 4.47 Å². The highest BCUT2D eigenvalue weighted by molar-refractivity contribution is 9.10. The summed E-state index contributed by atoms with van der Waals surface area (Å²) in [4.78, 5) is 0. The molecule has 4 nitrogen and oxygen atoms in total. The Morgan fingerprint density at radius 2 is 1.86 bits per heavy atom. The number of benzene rings is 2. The fourth-order valence-corrected chi connectivity index (χ4v) is 3.04. The number of fused-ring (bicyclic) bond motifs is 1. The molecule has 0 fully saturated rings. The largest absolute Gasteiger partial charge is 0.486 e. The summed E-state index contributed by atoms with van der Waals surface area (Å²) in [5, 5.41) is 0. The lowest BCUT2D eigenvalue weighted by Gasteiger charge is -2.23. The van der Waals surface area contributed by atoms with Crippen molar-refractivity contribution in [2.75, 3.05) is 13.2 Å². The molecule has 0 saturated carbocycles. The van der Waals surface area contributed by atoms with E-state index in [-0.39, 0.29) is 6.04 Å². The molecule has 1 heterocycles. The van der Waals surface area contributed by atoms with E-state index >= 15 is 0 Å². The van der Waals surface area contributed by atoms with Gasteiger partial charge in [0.15, 0.2) is 11.5 Å². The zero-order valence-corrected chi connectivity index (χ0v) is 13.3. The van der Waals surface area contributed by atoms with Gasteiger partial charge in [-0.15, -0.1) is 0 Å². The second-order valence-corrected chi connectivity index (χ2v) is 5.92. The van der Waals surface area contributed by atoms with Gasteiger partial charge in [-0.05, 0) is 47.9 Å². The molecule has 1 aliphatic heterocycles. The van der Waals surface area contributed by atoms with Gasteiger partial charge < -0.3 is 9.47 Å². The molecule has 0 aliphatic carbocycles. The number of aryl methyl sites for hydroxylation is 1. The molecule has 0 amide bonds. The Balaban J connectivity index is 1.99. The van der Waals surface area contributed by atoms with Crippen LogP contribution >= 0.6 is 15.9 Å². The minimum Gasteiger partial charge on any atom is -0.486 e. The van der Waals surface area contributed by atoms with E-state index in [2.05, 4.69) is 40.4 Å². The van der Waals surface area contributed by atoms with Crippen LogP contribution in [0.15, 0.2) is 40.9 Å². The van der Waals surface area contributed by atoms with E-state index < -0.39 is 0 Å². The van der Waals surface area contributed by atoms with Crippen molar-refractivity contribution in [1.82, 2.24) is 5.43 Å². The molecule has 2 aromatic carbocycles. The molecule has 0 aromatic heterocycles. The summed E-state index contributed by atoms with van der Waals surface area (Å²) in [7, 11) is 0. The third kappa shape index (κ3) is 2.90. The lowest BCUT2D eigenvalue weighted by atomic mass is 9.95. The first-order valence-corrected chi connectivity index (χ1v) is 7.60. The average molecular weight is 349 g/mol. The Labute approximate surface area is 132 Å². The van der Waals surface area contributed by atoms with Crippen molar-refractivity contribution >= 4 is 15.9 Å². The number of nitrogens with one attached hydrogen (secondary N) is 1. The number of hydrogen-bond acceptors (Lipinski definition) is 4. The lowest BCUT2D eigenvalue weighted by Crippen LogP contribution is -2.29. The van der Waals surface area contributed by atoms with Crippen LogP contribution in [0.3, 0.4) is 0 Å². The third-order valence-corrected chi connectivity index (χ3v) is 4.10. The van der Waals surface area contributed by atoms with Crippen molar-refractivity contribution in [1.29, 1.82) is 0 Å². The Morgan fingerprint density at radius 1 is 1.10 bits per heavy atom. The van der Waals surface area contributed by atoms with Crippen molar-refractivity contribution in [2.45, 2.75) is 13.0 Å². The standard InChI is InChI=1S/C16H17BrN2O2/c1-10-8-12(17)3-4-13(10)16(19-18)11-2-5-14-15(9-11)21-7-6-20-14/h2-5,8-9,16,19H,6-7,18H2,1H3. The molecule has 2 aromatic rings. The van der Waals surface area contributed by atoms with Gasteiger partial charge >= 0.3 is 0 Å². The number of hydrogen-bond donors (Lipinski definition) is 2. The summed E-state index contributed by atoms with van der Waals surface area (Å²) in [5.74, 6) is 7.34. The van der Waals surface area contributed by atoms with Gasteiger partial charge in [0.25, 0.3) is 0 Å². The molecule has 21 heavy (non-hydrogen) atoms. The summed E-state index contributed by atoms with van der Waals surface area (Å²) < 4.78 is 12.3. The van der Waals surface area contributed by atoms with E-state index in [9.17, 15) is 0 Å². The molecule has 0 saturated heterocycles. The molecule has 5 heteroatoms. The number of hydrazine groups is 1. The van der Waals surface area contributed by atoms with Crippen LogP contribution in [0.2, 0.25) is 0 Å². The summed E-state index contributed by atoms with van der Waals surface area (Å²) >= 11 is 3.48. The molecular formula is C16H17BrN2O2. The van der Waals surface area contributed by atoms with Crippen molar-refractivity contribution in [2.24, 2.45) is 5.84 Å². The Morgan fingerprint density at radius 3 is 2.57 bits per heavy atom. The van der Waals surface area contributed by atoms with Gasteiger partial charge in [0.2, 0.25) is 0 Å². The fraction of sp³-hybridized carbons (Fsp3) is 0.250. The first-order valence-electron chi connectivity index (χ1n) is 6.81. The summed E-state index contributed by atoms with van der Waals surface area (Å²) in [6, 6.07) is 12.0. The predicted octanol–water partition coefficient (Wildman–Crippen LogP) is 3.08. The highest BCUT2D eigenvalue weighted by atomic mass is 79.9. The Bertz CT molecular complexity index is 661. The van der Waals surface area contributed by atoms with E-state index in [4.69, 9.17) is 15.3 Å². The Hall–Kier alpha value is -1.56. The second kappa shape index (κ2) is 6.05. The third-order valence-electron chi connectivity index (χ3n) is 3.61. The van der Waals surface area contributed by atoms with Crippen LogP contribution in [0.5, 0.6) is 11.5 Å². The first kappa shape index (κ1) is 14.4. The molecule has 110 valence electrons. The van der Waals surface area contributed by atoms with Crippen LogP contribution in [0.1, 0.15) is 22.7 Å². The van der Waals surface area contributed by atoms with E-state index in [1.54, 1.807) is 0 Å². The normalized spacial score (nSPS) is 14.8. The maximum Gasteiger partial charge on any atom is 0.161 e. The smallest absolute Gasteiger partial charge is 0.161 e. The molecule has 1 aliphatic rings. The van der Waals surface area contributed by atoms with E-state index in [1.165, 1.54) is 5.56 Å². The van der Waals surface area contributed by atoms with Gasteiger partial charge in [-0.25, -0.2) is 5.43 Å². The minimum absolute atomic E-state index is 0.0890. The van der Waals surface area contributed by atoms with Crippen LogP contribution in [-0.2, 0) is 0 Å². The molecule has 3 N–H and O–H groups in total. The number of halogens is 1. The van der Waals surface area contributed by atoms with Gasteiger partial charge in [0.1, 0.15) is 13.2 Å². The molecule has 1 atom stereocenters. The zero-order valence-electron chi connectivity index (χ0n) is 11.7. The van der Waals surface area contributed by atoms with Crippen LogP contribution in [0.4, 0.5) is 0 Å². The van der Waals surface area contributed by atoms with Crippen LogP contribution in [-0.4, -0.2) is 13.2 Å². The molecule has 1 unspecified atom stereocenters. The molecule has 0 bridgehead atoms. The van der Waals surface area contributed by atoms with Crippen molar-refractivity contribution in [3.8, 4) is 11.5 Å². The monoisotopic (exact) mass is 348 g/mol. The molecule has 0 radical (unpaired) electrons. The second-order valence-electron chi connectivity index (χ2n) is 5.00. The number of rotatable bonds is 3. The summed E-state index contributed by atoms with van der Waals surface area (Å²) in [5.41, 5.74) is 6.24. The minimum atomic E-state index is -0.0890. The molecule has 0 spiro atoms. The van der Waals surface area contributed by atoms with E-state index in [0.29, 0.717) is 13.2 Å². The number of ether oxygens (including phenoxy) is 2. The maximum absolute atomic E-state index is 5.79. The quantitative estimate of drug-likeness (QED) is 0.661. The van der Waals surface area contributed by atoms with Crippen LogP contribution < -0.4 is 20.7 Å². The van der Waals surface area contributed by atoms with E-state index in [0.717, 1.165) is 27.1 Å². The molecular weight excluding hydrogens is 332 g/mol. The van der Waals surface area contributed by atoms with Crippen LogP contribution in [0, 0.1) is 6.92 Å². The topological polar surface area (TPSA) is 56.5 Å². The maximum atomic E-state index is 5.79. The van der Waals surface area contributed by atoms with Crippen molar-refractivity contribution < 1.29 is 9.47 Å². The van der Waals surface area contributed by atoms with Crippen molar-refractivity contribution in [3.05, 3.63) is 57.6 Å². The van der Waals surface area contributed by atoms with Crippen LogP contribution in [0.25, 0.3) is 0 Å². The van der Waals surface area contributed by atoms with Gasteiger partial charge in [0.05, 0.1) is 6.04 Å². The van der Waals surface area contributed by atoms with Gasteiger partial charge in [-0.2, -0.15) is 0 Å². The Kier molecular flexibility index (Phi) is 4.14. The van der Waals surface area contributed by atoms with Gasteiger partial charge in [-0.1, -0.05) is 28.1 Å². The summed E-state index contributed by atoms with van der Waals surface area (Å²) in [6.45, 7) is 3.24. The fourth-order valence-electron chi connectivity index (χ4n) is 2.57. The molecule has 3 rings (SSSR count). The highest BCUT2D eigenvalue weighted by Crippen LogP contribution is 2.35. The van der Waals surface area contributed by atoms with Crippen molar-refractivity contribution in [3.63, 3.8) is 0 Å². The van der Waals surface area contributed by atoms with Gasteiger partial charge in [-0.3, -0.25) is 5.84 Å². The SMILES string of the molecule is Cc1cc(Br)ccc1C(NN)c1ccc2c(c1)OCCO2.